The zero-order chi connectivity index (χ0) is 17.4. The van der Waals surface area contributed by atoms with E-state index >= 15 is 0 Å². The maximum Gasteiger partial charge on any atom is 0.326 e. The van der Waals surface area contributed by atoms with Gasteiger partial charge >= 0.3 is 5.69 Å². The van der Waals surface area contributed by atoms with Crippen molar-refractivity contribution >= 4 is 28.5 Å². The van der Waals surface area contributed by atoms with Crippen LogP contribution < -0.4 is 5.69 Å². The first-order chi connectivity index (χ1) is 12.1. The number of halogens is 1. The Labute approximate surface area is 149 Å². The number of carbonyl (C=O) groups excluding carboxylic acids is 1. The Morgan fingerprint density at radius 2 is 1.92 bits per heavy atom. The van der Waals surface area contributed by atoms with Gasteiger partial charge in [0.25, 0.3) is 5.91 Å². The highest BCUT2D eigenvalue weighted by molar-refractivity contribution is 6.32. The number of H-pyrrole nitrogens is 1. The van der Waals surface area contributed by atoms with Gasteiger partial charge in [-0.1, -0.05) is 23.7 Å². The van der Waals surface area contributed by atoms with Crippen LogP contribution in [-0.4, -0.2) is 38.4 Å². The van der Waals surface area contributed by atoms with Crippen molar-refractivity contribution in [2.45, 2.75) is 18.9 Å². The van der Waals surface area contributed by atoms with E-state index in [0.717, 1.165) is 23.9 Å². The average Bonchev–Trinajstić information content (AvgIpc) is 2.97. The van der Waals surface area contributed by atoms with Crippen LogP contribution in [0.5, 0.6) is 0 Å². The molecule has 4 rings (SSSR count). The van der Waals surface area contributed by atoms with Crippen molar-refractivity contribution < 1.29 is 4.79 Å². The van der Waals surface area contributed by atoms with Gasteiger partial charge in [-0.25, -0.2) is 9.78 Å². The summed E-state index contributed by atoms with van der Waals surface area (Å²) in [6.07, 6.45) is 3.02. The zero-order valence-electron chi connectivity index (χ0n) is 13.5. The molecule has 1 aromatic carbocycles. The number of pyridine rings is 1. The second kappa shape index (κ2) is 6.37. The number of likely N-dealkylation sites (tertiary alicyclic amines) is 1. The largest absolute Gasteiger partial charge is 0.338 e. The Kier molecular flexibility index (Phi) is 4.05. The molecule has 3 heterocycles. The Morgan fingerprint density at radius 1 is 1.16 bits per heavy atom. The van der Waals surface area contributed by atoms with E-state index in [1.165, 1.54) is 0 Å². The second-order valence-corrected chi connectivity index (χ2v) is 6.54. The first-order valence-electron chi connectivity index (χ1n) is 8.24. The molecule has 128 valence electrons. The van der Waals surface area contributed by atoms with Crippen LogP contribution in [-0.2, 0) is 0 Å². The van der Waals surface area contributed by atoms with E-state index in [2.05, 4.69) is 9.97 Å². The molecule has 0 aliphatic carbocycles. The molecular weight excluding hydrogens is 340 g/mol. The normalized spacial score (nSPS) is 15.6. The molecular formula is C18H17ClN4O2. The molecule has 0 unspecified atom stereocenters. The summed E-state index contributed by atoms with van der Waals surface area (Å²) in [4.78, 5) is 33.6. The monoisotopic (exact) mass is 356 g/mol. The molecule has 1 amide bonds. The van der Waals surface area contributed by atoms with E-state index in [0.29, 0.717) is 18.7 Å². The topological polar surface area (TPSA) is 71.0 Å². The summed E-state index contributed by atoms with van der Waals surface area (Å²) < 4.78 is 1.81. The quantitative estimate of drug-likeness (QED) is 0.718. The zero-order valence-corrected chi connectivity index (χ0v) is 14.2. The van der Waals surface area contributed by atoms with Crippen LogP contribution in [0, 0.1) is 0 Å². The van der Waals surface area contributed by atoms with Crippen molar-refractivity contribution in [1.29, 1.82) is 0 Å². The lowest BCUT2D eigenvalue weighted by Gasteiger charge is -2.32. The summed E-state index contributed by atoms with van der Waals surface area (Å²) in [5, 5.41) is 0.225. The van der Waals surface area contributed by atoms with Crippen LogP contribution in [0.15, 0.2) is 47.4 Å². The van der Waals surface area contributed by atoms with Crippen LogP contribution in [0.4, 0.5) is 0 Å². The van der Waals surface area contributed by atoms with Crippen LogP contribution in [0.25, 0.3) is 11.0 Å². The number of nitrogens with zero attached hydrogens (tertiary/aromatic N) is 3. The molecule has 2 aromatic heterocycles. The minimum atomic E-state index is -0.108. The smallest absolute Gasteiger partial charge is 0.326 e. The van der Waals surface area contributed by atoms with Gasteiger partial charge in [0, 0.05) is 25.3 Å². The van der Waals surface area contributed by atoms with Crippen molar-refractivity contribution in [3.05, 3.63) is 63.8 Å². The van der Waals surface area contributed by atoms with Gasteiger partial charge in [0.1, 0.15) is 5.15 Å². The Morgan fingerprint density at radius 3 is 2.68 bits per heavy atom. The minimum Gasteiger partial charge on any atom is -0.338 e. The van der Waals surface area contributed by atoms with Crippen LogP contribution in [0.2, 0.25) is 5.15 Å². The molecule has 1 aliphatic rings. The van der Waals surface area contributed by atoms with E-state index in [1.807, 2.05) is 28.8 Å². The van der Waals surface area contributed by atoms with Crippen LogP contribution in [0.3, 0.4) is 0 Å². The lowest BCUT2D eigenvalue weighted by molar-refractivity contribution is 0.0695. The van der Waals surface area contributed by atoms with Gasteiger partial charge in [0.15, 0.2) is 0 Å². The SMILES string of the molecule is O=C(c1cccnc1Cl)N1CCC(n2c(=O)[nH]c3ccccc32)CC1. The van der Waals surface area contributed by atoms with Gasteiger partial charge in [-0.2, -0.15) is 0 Å². The van der Waals surface area contributed by atoms with E-state index in [-0.39, 0.29) is 22.8 Å². The number of aromatic amines is 1. The van der Waals surface area contributed by atoms with Crippen LogP contribution in [0.1, 0.15) is 29.2 Å². The van der Waals surface area contributed by atoms with Crippen molar-refractivity contribution in [2.24, 2.45) is 0 Å². The van der Waals surface area contributed by atoms with Gasteiger partial charge < -0.3 is 9.88 Å². The molecule has 0 bridgehead atoms. The van der Waals surface area contributed by atoms with E-state index in [9.17, 15) is 9.59 Å². The average molecular weight is 357 g/mol. The highest BCUT2D eigenvalue weighted by Crippen LogP contribution is 2.26. The van der Waals surface area contributed by atoms with Gasteiger partial charge in [-0.15, -0.1) is 0 Å². The number of nitrogens with one attached hydrogen (secondary N) is 1. The maximum atomic E-state index is 12.6. The summed E-state index contributed by atoms with van der Waals surface area (Å²) in [5.74, 6) is -0.108. The number of carbonyl (C=O) groups is 1. The third-order valence-corrected chi connectivity index (χ3v) is 5.03. The molecule has 1 saturated heterocycles. The molecule has 6 nitrogen and oxygen atoms in total. The first-order valence-corrected chi connectivity index (χ1v) is 8.62. The summed E-state index contributed by atoms with van der Waals surface area (Å²) in [5.41, 5.74) is 2.08. The fourth-order valence-electron chi connectivity index (χ4n) is 3.48. The Hall–Kier alpha value is -2.60. The predicted molar refractivity (Wildman–Crippen MR) is 96.0 cm³/mol. The lowest BCUT2D eigenvalue weighted by atomic mass is 10.0. The summed E-state index contributed by atoms with van der Waals surface area (Å²) in [7, 11) is 0. The van der Waals surface area contributed by atoms with Crippen molar-refractivity contribution in [1.82, 2.24) is 19.4 Å². The third kappa shape index (κ3) is 2.82. The summed E-state index contributed by atoms with van der Waals surface area (Å²) in [6.45, 7) is 1.17. The van der Waals surface area contributed by atoms with Gasteiger partial charge in [0.2, 0.25) is 0 Å². The number of aromatic nitrogens is 3. The minimum absolute atomic E-state index is 0.0806. The molecule has 0 spiro atoms. The van der Waals surface area contributed by atoms with E-state index in [4.69, 9.17) is 11.6 Å². The fraction of sp³-hybridized carbons (Fsp3) is 0.278. The molecule has 25 heavy (non-hydrogen) atoms. The standard InChI is InChI=1S/C18H17ClN4O2/c19-16-13(4-3-9-20-16)17(24)22-10-7-12(8-11-22)23-15-6-2-1-5-14(15)21-18(23)25/h1-6,9,12H,7-8,10-11H2,(H,21,25). The number of piperidine rings is 1. The first kappa shape index (κ1) is 15.9. The number of para-hydroxylation sites is 2. The highest BCUT2D eigenvalue weighted by Gasteiger charge is 2.27. The van der Waals surface area contributed by atoms with Gasteiger partial charge in [0.05, 0.1) is 16.6 Å². The lowest BCUT2D eigenvalue weighted by Crippen LogP contribution is -2.40. The molecule has 0 atom stereocenters. The highest BCUT2D eigenvalue weighted by atomic mass is 35.5. The number of fused-ring (bicyclic) bond motifs is 1. The fourth-order valence-corrected chi connectivity index (χ4v) is 3.68. The molecule has 0 saturated carbocycles. The molecule has 3 aromatic rings. The van der Waals surface area contributed by atoms with Crippen molar-refractivity contribution in [2.75, 3.05) is 13.1 Å². The summed E-state index contributed by atoms with van der Waals surface area (Å²) in [6, 6.07) is 11.1. The van der Waals surface area contributed by atoms with Gasteiger partial charge in [-0.3, -0.25) is 9.36 Å². The van der Waals surface area contributed by atoms with Crippen LogP contribution >= 0.6 is 11.6 Å². The number of amides is 1. The number of hydrogen-bond donors (Lipinski definition) is 1. The molecule has 1 fully saturated rings. The second-order valence-electron chi connectivity index (χ2n) is 6.18. The van der Waals surface area contributed by atoms with E-state index < -0.39 is 0 Å². The number of hydrogen-bond acceptors (Lipinski definition) is 3. The van der Waals surface area contributed by atoms with E-state index in [1.54, 1.807) is 23.2 Å². The number of imidazole rings is 1. The maximum absolute atomic E-state index is 12.6. The van der Waals surface area contributed by atoms with Crippen molar-refractivity contribution in [3.63, 3.8) is 0 Å². The Balaban J connectivity index is 1.54. The van der Waals surface area contributed by atoms with Crippen molar-refractivity contribution in [3.8, 4) is 0 Å². The Bertz CT molecular complexity index is 986. The number of benzene rings is 1. The molecule has 1 aliphatic heterocycles. The van der Waals surface area contributed by atoms with Gasteiger partial charge in [-0.05, 0) is 37.1 Å². The molecule has 7 heteroatoms. The molecule has 1 N–H and O–H groups in total. The summed E-state index contributed by atoms with van der Waals surface area (Å²) >= 11 is 6.03. The predicted octanol–water partition coefficient (Wildman–Crippen LogP) is 2.86. The molecule has 0 radical (unpaired) electrons. The number of rotatable bonds is 2. The third-order valence-electron chi connectivity index (χ3n) is 4.73.